The van der Waals surface area contributed by atoms with E-state index in [-0.39, 0.29) is 0 Å². The van der Waals surface area contributed by atoms with E-state index in [1.165, 1.54) is 0 Å². The molecule has 6 heteroatoms. The molecule has 0 atom stereocenters. The van der Waals surface area contributed by atoms with Crippen LogP contribution in [0.5, 0.6) is 0 Å². The number of hydrogen-bond acceptors (Lipinski definition) is 4. The second kappa shape index (κ2) is 5.11. The normalized spacial score (nSPS) is 16.8. The molecule has 0 bridgehead atoms. The minimum atomic E-state index is 0.724. The van der Waals surface area contributed by atoms with Crippen molar-refractivity contribution < 1.29 is 0 Å². The molecule has 1 fully saturated rings. The largest absolute Gasteiger partial charge is 0.338 e. The zero-order valence-electron chi connectivity index (χ0n) is 12.8. The topological polar surface area (TPSA) is 36.7 Å². The fourth-order valence-electron chi connectivity index (χ4n) is 3.02. The first-order chi connectivity index (χ1) is 10.6. The smallest absolute Gasteiger partial charge is 0.227 e. The first-order valence-electron chi connectivity index (χ1n) is 7.51. The lowest BCUT2D eigenvalue weighted by Crippen LogP contribution is -2.45. The minimum Gasteiger partial charge on any atom is -0.338 e. The van der Waals surface area contributed by atoms with E-state index in [1.807, 2.05) is 29.6 Å². The summed E-state index contributed by atoms with van der Waals surface area (Å²) in [5.74, 6) is 0.922. The second-order valence-corrected chi connectivity index (χ2v) is 6.38. The number of halogens is 1. The molecular weight excluding hydrogens is 298 g/mol. The molecule has 4 rings (SSSR count). The number of anilines is 1. The summed E-state index contributed by atoms with van der Waals surface area (Å²) in [6, 6.07) is 7.94. The lowest BCUT2D eigenvalue weighted by molar-refractivity contribution is 0.310. The zero-order valence-corrected chi connectivity index (χ0v) is 13.5. The number of hydrogen-bond donors (Lipinski definition) is 0. The van der Waals surface area contributed by atoms with Crippen LogP contribution in [0.15, 0.2) is 24.3 Å². The molecule has 1 aliphatic heterocycles. The van der Waals surface area contributed by atoms with Gasteiger partial charge in [0.2, 0.25) is 5.95 Å². The molecule has 0 aliphatic carbocycles. The van der Waals surface area contributed by atoms with Crippen LogP contribution < -0.4 is 4.90 Å². The van der Waals surface area contributed by atoms with E-state index in [0.29, 0.717) is 0 Å². The Labute approximate surface area is 134 Å². The minimum absolute atomic E-state index is 0.724. The van der Waals surface area contributed by atoms with Crippen molar-refractivity contribution in [3.63, 3.8) is 0 Å². The van der Waals surface area contributed by atoms with Crippen molar-refractivity contribution in [1.82, 2.24) is 19.5 Å². The Morgan fingerprint density at radius 3 is 2.64 bits per heavy atom. The predicted molar refractivity (Wildman–Crippen MR) is 90.0 cm³/mol. The van der Waals surface area contributed by atoms with Crippen LogP contribution >= 0.6 is 11.6 Å². The van der Waals surface area contributed by atoms with Gasteiger partial charge in [-0.05, 0) is 38.2 Å². The van der Waals surface area contributed by atoms with Crippen LogP contribution in [-0.4, -0.2) is 52.7 Å². The van der Waals surface area contributed by atoms with Crippen LogP contribution in [0.2, 0.25) is 5.02 Å². The van der Waals surface area contributed by atoms with Gasteiger partial charge in [-0.25, -0.2) is 4.98 Å². The van der Waals surface area contributed by atoms with Crippen LogP contribution in [-0.2, 0) is 0 Å². The van der Waals surface area contributed by atoms with Gasteiger partial charge in [0, 0.05) is 36.6 Å². The second-order valence-electron chi connectivity index (χ2n) is 5.95. The maximum atomic E-state index is 6.16. The number of fused-ring (bicyclic) bond motifs is 3. The number of benzene rings is 1. The van der Waals surface area contributed by atoms with Gasteiger partial charge in [-0.1, -0.05) is 11.6 Å². The van der Waals surface area contributed by atoms with Gasteiger partial charge >= 0.3 is 0 Å². The fraction of sp³-hybridized carbons (Fsp3) is 0.375. The number of piperazine rings is 1. The monoisotopic (exact) mass is 315 g/mol. The van der Waals surface area contributed by atoms with Gasteiger partial charge in [0.1, 0.15) is 0 Å². The van der Waals surface area contributed by atoms with E-state index in [0.717, 1.165) is 59.3 Å². The Kier molecular flexibility index (Phi) is 3.20. The van der Waals surface area contributed by atoms with Crippen LogP contribution in [0.4, 0.5) is 5.95 Å². The van der Waals surface area contributed by atoms with Crippen molar-refractivity contribution in [2.75, 3.05) is 38.1 Å². The van der Waals surface area contributed by atoms with Gasteiger partial charge in [0.25, 0.3) is 0 Å². The molecule has 2 aromatic heterocycles. The molecule has 0 N–H and O–H groups in total. The third-order valence-corrected chi connectivity index (χ3v) is 4.50. The van der Waals surface area contributed by atoms with E-state index < -0.39 is 0 Å². The first-order valence-corrected chi connectivity index (χ1v) is 7.89. The summed E-state index contributed by atoms with van der Waals surface area (Å²) in [6.45, 7) is 6.04. The van der Waals surface area contributed by atoms with E-state index in [2.05, 4.69) is 28.0 Å². The van der Waals surface area contributed by atoms with Crippen molar-refractivity contribution >= 4 is 34.0 Å². The van der Waals surface area contributed by atoms with Gasteiger partial charge in [0.15, 0.2) is 0 Å². The van der Waals surface area contributed by atoms with Gasteiger partial charge in [0.05, 0.1) is 16.7 Å². The van der Waals surface area contributed by atoms with Crippen molar-refractivity contribution in [2.24, 2.45) is 0 Å². The molecule has 0 saturated carbocycles. The first kappa shape index (κ1) is 13.8. The van der Waals surface area contributed by atoms with Crippen LogP contribution in [0.3, 0.4) is 0 Å². The Morgan fingerprint density at radius 1 is 1.09 bits per heavy atom. The number of likely N-dealkylation sites (N-methyl/N-ethyl adjacent to an activating group) is 1. The summed E-state index contributed by atoms with van der Waals surface area (Å²) in [5, 5.41) is 6.41. The highest BCUT2D eigenvalue weighted by Gasteiger charge is 2.20. The summed E-state index contributed by atoms with van der Waals surface area (Å²) in [6.07, 6.45) is 0. The molecule has 0 radical (unpaired) electrons. The van der Waals surface area contributed by atoms with Crippen molar-refractivity contribution in [3.8, 4) is 0 Å². The van der Waals surface area contributed by atoms with Crippen LogP contribution in [0, 0.1) is 6.92 Å². The van der Waals surface area contributed by atoms with Crippen LogP contribution in [0.1, 0.15) is 5.69 Å². The molecule has 1 aliphatic rings. The molecule has 3 aromatic rings. The standard InChI is InChI=1S/C16H18ClN5/c1-11-9-15-13-10-12(17)3-4-14(13)18-16(22(15)19-11)21-7-5-20(2)6-8-21/h3-4,9-10H,5-8H2,1-2H3. The van der Waals surface area contributed by atoms with Crippen molar-refractivity contribution in [2.45, 2.75) is 6.92 Å². The number of aromatic nitrogens is 3. The molecule has 1 aromatic carbocycles. The van der Waals surface area contributed by atoms with Crippen molar-refractivity contribution in [3.05, 3.63) is 35.0 Å². The highest BCUT2D eigenvalue weighted by Crippen LogP contribution is 2.27. The zero-order chi connectivity index (χ0) is 15.3. The van der Waals surface area contributed by atoms with Gasteiger partial charge in [-0.15, -0.1) is 0 Å². The van der Waals surface area contributed by atoms with Gasteiger partial charge in [-0.3, -0.25) is 0 Å². The fourth-order valence-corrected chi connectivity index (χ4v) is 3.19. The Bertz CT molecular complexity index is 848. The third kappa shape index (κ3) is 2.21. The predicted octanol–water partition coefficient (Wildman–Crippen LogP) is 2.60. The van der Waals surface area contributed by atoms with E-state index in [4.69, 9.17) is 16.6 Å². The average molecular weight is 316 g/mol. The highest BCUT2D eigenvalue weighted by atomic mass is 35.5. The molecule has 3 heterocycles. The Balaban J connectivity index is 1.94. The van der Waals surface area contributed by atoms with E-state index in [1.54, 1.807) is 0 Å². The molecule has 5 nitrogen and oxygen atoms in total. The maximum Gasteiger partial charge on any atom is 0.227 e. The SMILES string of the molecule is Cc1cc2c3cc(Cl)ccc3nc(N3CCN(C)CC3)n2n1. The maximum absolute atomic E-state index is 6.16. The quantitative estimate of drug-likeness (QED) is 0.691. The van der Waals surface area contributed by atoms with Gasteiger partial charge in [-0.2, -0.15) is 9.61 Å². The summed E-state index contributed by atoms with van der Waals surface area (Å²) in [7, 11) is 2.15. The lowest BCUT2D eigenvalue weighted by Gasteiger charge is -2.33. The van der Waals surface area contributed by atoms with Crippen molar-refractivity contribution in [1.29, 1.82) is 0 Å². The van der Waals surface area contributed by atoms with E-state index >= 15 is 0 Å². The number of rotatable bonds is 1. The summed E-state index contributed by atoms with van der Waals surface area (Å²) in [4.78, 5) is 9.50. The molecule has 0 spiro atoms. The van der Waals surface area contributed by atoms with Crippen LogP contribution in [0.25, 0.3) is 16.4 Å². The summed E-state index contributed by atoms with van der Waals surface area (Å²) >= 11 is 6.16. The summed E-state index contributed by atoms with van der Waals surface area (Å²) in [5.41, 5.74) is 3.02. The molecule has 1 saturated heterocycles. The Morgan fingerprint density at radius 2 is 1.86 bits per heavy atom. The molecule has 114 valence electrons. The third-order valence-electron chi connectivity index (χ3n) is 4.26. The molecular formula is C16H18ClN5. The molecule has 0 amide bonds. The van der Waals surface area contributed by atoms with E-state index in [9.17, 15) is 0 Å². The highest BCUT2D eigenvalue weighted by molar-refractivity contribution is 6.31. The lowest BCUT2D eigenvalue weighted by atomic mass is 10.2. The molecule has 0 unspecified atom stereocenters. The average Bonchev–Trinajstić information content (AvgIpc) is 2.89. The number of aryl methyl sites for hydroxylation is 1. The molecule has 22 heavy (non-hydrogen) atoms. The Hall–Kier alpha value is -1.85. The summed E-state index contributed by atoms with van der Waals surface area (Å²) < 4.78 is 1.96. The van der Waals surface area contributed by atoms with Gasteiger partial charge < -0.3 is 9.80 Å². The number of nitrogens with zero attached hydrogens (tertiary/aromatic N) is 5.